The number of aromatic nitrogens is 2. The Bertz CT molecular complexity index is 693. The summed E-state index contributed by atoms with van der Waals surface area (Å²) in [7, 11) is 0. The van der Waals surface area contributed by atoms with Crippen molar-refractivity contribution in [2.75, 3.05) is 31.5 Å². The molecule has 1 saturated heterocycles. The Morgan fingerprint density at radius 1 is 1.25 bits per heavy atom. The summed E-state index contributed by atoms with van der Waals surface area (Å²) in [6, 6.07) is 7.11. The van der Waals surface area contributed by atoms with Crippen molar-refractivity contribution in [2.24, 2.45) is 0 Å². The van der Waals surface area contributed by atoms with Gasteiger partial charge < -0.3 is 20.1 Å². The van der Waals surface area contributed by atoms with E-state index in [1.165, 1.54) is 0 Å². The van der Waals surface area contributed by atoms with E-state index in [1.807, 2.05) is 15.7 Å². The molecular formula is C17H21N5O2. The summed E-state index contributed by atoms with van der Waals surface area (Å²) in [4.78, 5) is 30.3. The maximum atomic E-state index is 12.5. The predicted octanol–water partition coefficient (Wildman–Crippen LogP) is 0.957. The predicted molar refractivity (Wildman–Crippen MR) is 90.7 cm³/mol. The minimum Gasteiger partial charge on any atom is -0.337 e. The third-order valence-electron chi connectivity index (χ3n) is 3.95. The van der Waals surface area contributed by atoms with Crippen LogP contribution in [0.1, 0.15) is 16.8 Å². The number of carbonyl (C=O) groups excluding carboxylic acids is 2. The van der Waals surface area contributed by atoms with Crippen LogP contribution < -0.4 is 10.6 Å². The number of aryl methyl sites for hydroxylation is 1. The molecule has 2 aromatic rings. The molecule has 1 aliphatic heterocycles. The van der Waals surface area contributed by atoms with Gasteiger partial charge >= 0.3 is 0 Å². The zero-order chi connectivity index (χ0) is 16.8. The molecule has 0 unspecified atom stereocenters. The Kier molecular flexibility index (Phi) is 5.22. The second-order valence-corrected chi connectivity index (χ2v) is 5.72. The van der Waals surface area contributed by atoms with Crippen molar-refractivity contribution in [2.45, 2.75) is 13.0 Å². The lowest BCUT2D eigenvalue weighted by atomic mass is 10.1. The second-order valence-electron chi connectivity index (χ2n) is 5.72. The summed E-state index contributed by atoms with van der Waals surface area (Å²) in [5.41, 5.74) is 1.25. The van der Waals surface area contributed by atoms with Gasteiger partial charge in [0.25, 0.3) is 5.91 Å². The third-order valence-corrected chi connectivity index (χ3v) is 3.95. The molecule has 0 atom stereocenters. The molecular weight excluding hydrogens is 306 g/mol. The summed E-state index contributed by atoms with van der Waals surface area (Å²) in [6.45, 7) is 3.62. The normalized spacial score (nSPS) is 14.4. The molecule has 0 bridgehead atoms. The number of nitrogens with zero attached hydrogens (tertiary/aromatic N) is 3. The van der Waals surface area contributed by atoms with Crippen LogP contribution in [0, 0.1) is 0 Å². The molecule has 0 radical (unpaired) electrons. The van der Waals surface area contributed by atoms with Crippen molar-refractivity contribution < 1.29 is 9.59 Å². The van der Waals surface area contributed by atoms with Crippen molar-refractivity contribution in [1.29, 1.82) is 0 Å². The SMILES string of the molecule is O=C(CCn1ccnc1)Nc1cccc(C(=O)N2CCNCC2)c1. The first kappa shape index (κ1) is 16.2. The van der Waals surface area contributed by atoms with Gasteiger partial charge in [-0.05, 0) is 18.2 Å². The van der Waals surface area contributed by atoms with E-state index in [4.69, 9.17) is 0 Å². The molecule has 1 aliphatic rings. The number of imidazole rings is 1. The van der Waals surface area contributed by atoms with Gasteiger partial charge in [-0.25, -0.2) is 4.98 Å². The van der Waals surface area contributed by atoms with Gasteiger partial charge in [0.05, 0.1) is 6.33 Å². The Morgan fingerprint density at radius 2 is 2.08 bits per heavy atom. The zero-order valence-corrected chi connectivity index (χ0v) is 13.4. The smallest absolute Gasteiger partial charge is 0.254 e. The van der Waals surface area contributed by atoms with Gasteiger partial charge in [-0.2, -0.15) is 0 Å². The summed E-state index contributed by atoms with van der Waals surface area (Å²) in [5.74, 6) is -0.0820. The highest BCUT2D eigenvalue weighted by Crippen LogP contribution is 2.14. The fourth-order valence-corrected chi connectivity index (χ4v) is 2.65. The van der Waals surface area contributed by atoms with E-state index < -0.39 is 0 Å². The van der Waals surface area contributed by atoms with Crippen LogP contribution in [0.15, 0.2) is 43.0 Å². The fraction of sp³-hybridized carbons (Fsp3) is 0.353. The van der Waals surface area contributed by atoms with Crippen LogP contribution in [-0.4, -0.2) is 52.4 Å². The largest absolute Gasteiger partial charge is 0.337 e. The summed E-state index contributed by atoms with van der Waals surface area (Å²) in [6.07, 6.45) is 5.54. The van der Waals surface area contributed by atoms with Gasteiger partial charge in [0, 0.05) is 62.8 Å². The van der Waals surface area contributed by atoms with Gasteiger partial charge in [0.2, 0.25) is 5.91 Å². The number of hydrogen-bond donors (Lipinski definition) is 2. The molecule has 2 heterocycles. The van der Waals surface area contributed by atoms with Crippen LogP contribution in [0.4, 0.5) is 5.69 Å². The molecule has 1 fully saturated rings. The standard InChI is InChI=1S/C17H21N5O2/c23-16(4-8-21-9-5-19-13-21)20-15-3-1-2-14(12-15)17(24)22-10-6-18-7-11-22/h1-3,5,9,12-13,18H,4,6-8,10-11H2,(H,20,23). The van der Waals surface area contributed by atoms with E-state index in [1.54, 1.807) is 36.8 Å². The summed E-state index contributed by atoms with van der Waals surface area (Å²) in [5, 5.41) is 6.07. The monoisotopic (exact) mass is 327 g/mol. The first-order valence-corrected chi connectivity index (χ1v) is 8.08. The number of benzene rings is 1. The lowest BCUT2D eigenvalue weighted by Gasteiger charge is -2.27. The van der Waals surface area contributed by atoms with E-state index >= 15 is 0 Å². The zero-order valence-electron chi connectivity index (χ0n) is 13.4. The Balaban J connectivity index is 1.58. The fourth-order valence-electron chi connectivity index (χ4n) is 2.65. The molecule has 0 aliphatic carbocycles. The minimum atomic E-state index is -0.0875. The Hall–Kier alpha value is -2.67. The molecule has 2 amide bonds. The molecule has 0 saturated carbocycles. The third kappa shape index (κ3) is 4.20. The molecule has 1 aromatic heterocycles. The first-order chi connectivity index (χ1) is 11.7. The number of nitrogens with one attached hydrogen (secondary N) is 2. The number of rotatable bonds is 5. The average molecular weight is 327 g/mol. The maximum Gasteiger partial charge on any atom is 0.254 e. The van der Waals surface area contributed by atoms with Gasteiger partial charge in [-0.3, -0.25) is 9.59 Å². The Labute approximate surface area is 140 Å². The topological polar surface area (TPSA) is 79.3 Å². The molecule has 7 nitrogen and oxygen atoms in total. The van der Waals surface area contributed by atoms with Crippen molar-refractivity contribution in [3.8, 4) is 0 Å². The molecule has 24 heavy (non-hydrogen) atoms. The van der Waals surface area contributed by atoms with Crippen molar-refractivity contribution in [3.63, 3.8) is 0 Å². The minimum absolute atomic E-state index is 0.00557. The van der Waals surface area contributed by atoms with E-state index in [0.29, 0.717) is 37.3 Å². The first-order valence-electron chi connectivity index (χ1n) is 8.08. The van der Waals surface area contributed by atoms with E-state index in [0.717, 1.165) is 13.1 Å². The average Bonchev–Trinajstić information content (AvgIpc) is 3.14. The second kappa shape index (κ2) is 7.74. The number of hydrogen-bond acceptors (Lipinski definition) is 4. The highest BCUT2D eigenvalue weighted by atomic mass is 16.2. The van der Waals surface area contributed by atoms with Crippen LogP contribution >= 0.6 is 0 Å². The van der Waals surface area contributed by atoms with Crippen LogP contribution in [0.2, 0.25) is 0 Å². The van der Waals surface area contributed by atoms with Crippen LogP contribution in [0.3, 0.4) is 0 Å². The highest BCUT2D eigenvalue weighted by molar-refractivity contribution is 5.97. The number of piperazine rings is 1. The quantitative estimate of drug-likeness (QED) is 0.857. The van der Waals surface area contributed by atoms with Gasteiger partial charge in [-0.1, -0.05) is 6.07 Å². The molecule has 2 N–H and O–H groups in total. The molecule has 1 aromatic carbocycles. The lowest BCUT2D eigenvalue weighted by molar-refractivity contribution is -0.116. The number of carbonyl (C=O) groups is 2. The lowest BCUT2D eigenvalue weighted by Crippen LogP contribution is -2.46. The summed E-state index contributed by atoms with van der Waals surface area (Å²) < 4.78 is 1.85. The van der Waals surface area contributed by atoms with Gasteiger partial charge in [0.15, 0.2) is 0 Å². The van der Waals surface area contributed by atoms with Crippen molar-refractivity contribution in [3.05, 3.63) is 48.5 Å². The van der Waals surface area contributed by atoms with Crippen LogP contribution in [0.25, 0.3) is 0 Å². The van der Waals surface area contributed by atoms with Crippen LogP contribution in [-0.2, 0) is 11.3 Å². The van der Waals surface area contributed by atoms with E-state index in [9.17, 15) is 9.59 Å². The van der Waals surface area contributed by atoms with Gasteiger partial charge in [0.1, 0.15) is 0 Å². The van der Waals surface area contributed by atoms with E-state index in [2.05, 4.69) is 15.6 Å². The molecule has 3 rings (SSSR count). The van der Waals surface area contributed by atoms with E-state index in [-0.39, 0.29) is 11.8 Å². The number of amides is 2. The van der Waals surface area contributed by atoms with Gasteiger partial charge in [-0.15, -0.1) is 0 Å². The summed E-state index contributed by atoms with van der Waals surface area (Å²) >= 11 is 0. The molecule has 0 spiro atoms. The molecule has 7 heteroatoms. The van der Waals surface area contributed by atoms with Crippen molar-refractivity contribution in [1.82, 2.24) is 19.8 Å². The van der Waals surface area contributed by atoms with Crippen LogP contribution in [0.5, 0.6) is 0 Å². The Morgan fingerprint density at radius 3 is 2.83 bits per heavy atom. The molecule has 126 valence electrons. The number of anilines is 1. The highest BCUT2D eigenvalue weighted by Gasteiger charge is 2.18. The maximum absolute atomic E-state index is 12.5. The van der Waals surface area contributed by atoms with Crippen molar-refractivity contribution >= 4 is 17.5 Å².